The summed E-state index contributed by atoms with van der Waals surface area (Å²) in [5, 5.41) is 11.8. The average molecular weight is 356 g/mol. The van der Waals surface area contributed by atoms with Gasteiger partial charge in [0.15, 0.2) is 0 Å². The van der Waals surface area contributed by atoms with E-state index in [0.29, 0.717) is 18.5 Å². The van der Waals surface area contributed by atoms with Crippen molar-refractivity contribution in [2.75, 3.05) is 0 Å². The highest BCUT2D eigenvalue weighted by molar-refractivity contribution is 5.87. The minimum absolute atomic E-state index is 0.155. The van der Waals surface area contributed by atoms with Crippen LogP contribution in [0.4, 0.5) is 4.39 Å². The van der Waals surface area contributed by atoms with Crippen molar-refractivity contribution >= 4 is 11.8 Å². The lowest BCUT2D eigenvalue weighted by molar-refractivity contribution is -0.140. The van der Waals surface area contributed by atoms with Crippen LogP contribution in [0.5, 0.6) is 0 Å². The van der Waals surface area contributed by atoms with Gasteiger partial charge >= 0.3 is 0 Å². The minimum atomic E-state index is -0.580. The van der Waals surface area contributed by atoms with Crippen molar-refractivity contribution in [3.8, 4) is 0 Å². The summed E-state index contributed by atoms with van der Waals surface area (Å²) in [5.41, 5.74) is 2.92. The predicted octanol–water partition coefficient (Wildman–Crippen LogP) is 1.91. The molecule has 5 nitrogen and oxygen atoms in total. The molecular weight excluding hydrogens is 335 g/mol. The maximum atomic E-state index is 13.7. The van der Waals surface area contributed by atoms with Gasteiger partial charge in [-0.15, -0.1) is 0 Å². The van der Waals surface area contributed by atoms with Gasteiger partial charge in [0.25, 0.3) is 0 Å². The van der Waals surface area contributed by atoms with Crippen molar-refractivity contribution in [2.24, 2.45) is 0 Å². The lowest BCUT2D eigenvalue weighted by Crippen LogP contribution is -2.51. The van der Waals surface area contributed by atoms with E-state index in [2.05, 4.69) is 5.32 Å². The lowest BCUT2D eigenvalue weighted by atomic mass is 9.93. The molecule has 0 saturated carbocycles. The fourth-order valence-electron chi connectivity index (χ4n) is 3.22. The first kappa shape index (κ1) is 18.1. The molecule has 3 rings (SSSR count). The molecule has 2 aromatic rings. The van der Waals surface area contributed by atoms with E-state index < -0.39 is 11.9 Å². The fraction of sp³-hybridized carbons (Fsp3) is 0.300. The summed E-state index contributed by atoms with van der Waals surface area (Å²) in [6.45, 7) is 1.65. The second-order valence-corrected chi connectivity index (χ2v) is 6.44. The SMILES string of the molecule is CC(=O)N1Cc2ccccc2CC1C(=O)NCc1ccc(CO)c(F)c1. The van der Waals surface area contributed by atoms with E-state index in [9.17, 15) is 14.0 Å². The molecule has 1 atom stereocenters. The summed E-state index contributed by atoms with van der Waals surface area (Å²) in [5.74, 6) is -0.921. The van der Waals surface area contributed by atoms with Gasteiger partial charge in [-0.05, 0) is 22.8 Å². The average Bonchev–Trinajstić information content (AvgIpc) is 2.65. The number of rotatable bonds is 4. The first-order valence-electron chi connectivity index (χ1n) is 8.49. The van der Waals surface area contributed by atoms with Crippen molar-refractivity contribution in [1.29, 1.82) is 0 Å². The number of carbonyl (C=O) groups is 2. The third-order valence-corrected chi connectivity index (χ3v) is 4.71. The molecule has 0 radical (unpaired) electrons. The highest BCUT2D eigenvalue weighted by Crippen LogP contribution is 2.23. The molecule has 136 valence electrons. The molecule has 2 N–H and O–H groups in total. The van der Waals surface area contributed by atoms with Crippen molar-refractivity contribution < 1.29 is 19.1 Å². The van der Waals surface area contributed by atoms with Crippen molar-refractivity contribution in [3.05, 3.63) is 70.5 Å². The second-order valence-electron chi connectivity index (χ2n) is 6.44. The van der Waals surface area contributed by atoms with Gasteiger partial charge in [0.1, 0.15) is 11.9 Å². The molecule has 2 amide bonds. The summed E-state index contributed by atoms with van der Waals surface area (Å²) in [6.07, 6.45) is 0.458. The number of benzene rings is 2. The second kappa shape index (κ2) is 7.66. The van der Waals surface area contributed by atoms with Crippen LogP contribution in [-0.4, -0.2) is 27.9 Å². The number of nitrogens with zero attached hydrogens (tertiary/aromatic N) is 1. The van der Waals surface area contributed by atoms with Crippen molar-refractivity contribution in [3.63, 3.8) is 0 Å². The molecule has 1 aliphatic rings. The molecule has 0 spiro atoms. The maximum absolute atomic E-state index is 13.7. The number of nitrogens with one attached hydrogen (secondary N) is 1. The van der Waals surface area contributed by atoms with Crippen LogP contribution in [0.15, 0.2) is 42.5 Å². The molecule has 0 aliphatic carbocycles. The van der Waals surface area contributed by atoms with E-state index in [4.69, 9.17) is 5.11 Å². The van der Waals surface area contributed by atoms with Gasteiger partial charge in [-0.2, -0.15) is 0 Å². The maximum Gasteiger partial charge on any atom is 0.243 e. The minimum Gasteiger partial charge on any atom is -0.392 e. The number of hydrogen-bond donors (Lipinski definition) is 2. The molecule has 1 unspecified atom stereocenters. The monoisotopic (exact) mass is 356 g/mol. The molecule has 2 aromatic carbocycles. The van der Waals surface area contributed by atoms with Crippen LogP contribution in [0.1, 0.15) is 29.2 Å². The van der Waals surface area contributed by atoms with Crippen LogP contribution in [0.25, 0.3) is 0 Å². The van der Waals surface area contributed by atoms with Gasteiger partial charge in [0.2, 0.25) is 11.8 Å². The van der Waals surface area contributed by atoms with Crippen LogP contribution >= 0.6 is 0 Å². The van der Waals surface area contributed by atoms with Crippen LogP contribution in [0.2, 0.25) is 0 Å². The topological polar surface area (TPSA) is 69.6 Å². The number of halogens is 1. The van der Waals surface area contributed by atoms with Crippen molar-refractivity contribution in [1.82, 2.24) is 10.2 Å². The smallest absolute Gasteiger partial charge is 0.243 e. The zero-order chi connectivity index (χ0) is 18.7. The Hall–Kier alpha value is -2.73. The largest absolute Gasteiger partial charge is 0.392 e. The molecule has 26 heavy (non-hydrogen) atoms. The standard InChI is InChI=1S/C20H21FN2O3/c1-13(25)23-11-16-5-3-2-4-15(16)9-19(23)20(26)22-10-14-6-7-17(12-24)18(21)8-14/h2-8,19,24H,9-12H2,1H3,(H,22,26). The molecule has 0 saturated heterocycles. The number of amides is 2. The van der Waals surface area contributed by atoms with Gasteiger partial charge < -0.3 is 15.3 Å². The first-order valence-corrected chi connectivity index (χ1v) is 8.49. The third kappa shape index (κ3) is 3.75. The van der Waals surface area contributed by atoms with E-state index >= 15 is 0 Å². The number of fused-ring (bicyclic) bond motifs is 1. The summed E-state index contributed by atoms with van der Waals surface area (Å²) in [6, 6.07) is 11.6. The van der Waals surface area contributed by atoms with Gasteiger partial charge in [-0.25, -0.2) is 4.39 Å². The number of aliphatic hydroxyl groups is 1. The van der Waals surface area contributed by atoms with Gasteiger partial charge in [-0.1, -0.05) is 36.4 Å². The molecule has 0 fully saturated rings. The van der Waals surface area contributed by atoms with Gasteiger partial charge in [0.05, 0.1) is 6.61 Å². The number of aliphatic hydroxyl groups excluding tert-OH is 1. The Morgan fingerprint density at radius 1 is 1.23 bits per heavy atom. The zero-order valence-electron chi connectivity index (χ0n) is 14.5. The Morgan fingerprint density at radius 2 is 1.96 bits per heavy atom. The van der Waals surface area contributed by atoms with E-state index in [1.807, 2.05) is 24.3 Å². The normalized spacial score (nSPS) is 16.1. The predicted molar refractivity (Wildman–Crippen MR) is 94.3 cm³/mol. The molecule has 0 aromatic heterocycles. The first-order chi connectivity index (χ1) is 12.5. The van der Waals surface area contributed by atoms with E-state index in [1.165, 1.54) is 19.1 Å². The number of carbonyl (C=O) groups excluding carboxylic acids is 2. The highest BCUT2D eigenvalue weighted by Gasteiger charge is 2.32. The molecule has 6 heteroatoms. The fourth-order valence-corrected chi connectivity index (χ4v) is 3.22. The van der Waals surface area contributed by atoms with Crippen LogP contribution in [0, 0.1) is 5.82 Å². The quantitative estimate of drug-likeness (QED) is 0.879. The van der Waals surface area contributed by atoms with E-state index in [1.54, 1.807) is 11.0 Å². The molecular formula is C20H21FN2O3. The van der Waals surface area contributed by atoms with Crippen molar-refractivity contribution in [2.45, 2.75) is 39.1 Å². The summed E-state index contributed by atoms with van der Waals surface area (Å²) >= 11 is 0. The van der Waals surface area contributed by atoms with Crippen LogP contribution in [0.3, 0.4) is 0 Å². The third-order valence-electron chi connectivity index (χ3n) is 4.71. The Kier molecular flexibility index (Phi) is 5.32. The number of hydrogen-bond acceptors (Lipinski definition) is 3. The Balaban J connectivity index is 1.71. The molecule has 0 bridgehead atoms. The van der Waals surface area contributed by atoms with E-state index in [-0.39, 0.29) is 30.5 Å². The Labute approximate surface area is 151 Å². The van der Waals surface area contributed by atoms with Crippen LogP contribution in [-0.2, 0) is 35.7 Å². The Morgan fingerprint density at radius 3 is 2.62 bits per heavy atom. The lowest BCUT2D eigenvalue weighted by Gasteiger charge is -2.35. The summed E-state index contributed by atoms with van der Waals surface area (Å²) in [7, 11) is 0. The highest BCUT2D eigenvalue weighted by atomic mass is 19.1. The van der Waals surface area contributed by atoms with Crippen LogP contribution < -0.4 is 5.32 Å². The zero-order valence-corrected chi connectivity index (χ0v) is 14.5. The Bertz CT molecular complexity index is 838. The summed E-state index contributed by atoms with van der Waals surface area (Å²) in [4.78, 5) is 26.2. The van der Waals surface area contributed by atoms with Gasteiger partial charge in [-0.3, -0.25) is 9.59 Å². The molecule has 1 heterocycles. The molecule has 1 aliphatic heterocycles. The summed E-state index contributed by atoms with van der Waals surface area (Å²) < 4.78 is 13.7. The van der Waals surface area contributed by atoms with E-state index in [0.717, 1.165) is 11.1 Å². The van der Waals surface area contributed by atoms with Gasteiger partial charge in [0, 0.05) is 32.0 Å².